The summed E-state index contributed by atoms with van der Waals surface area (Å²) in [5, 5.41) is 2.93. The molecule has 2 aliphatic heterocycles. The molecule has 0 radical (unpaired) electrons. The van der Waals surface area contributed by atoms with E-state index in [1.807, 2.05) is 0 Å². The molecule has 5 nitrogen and oxygen atoms in total. The Bertz CT molecular complexity index is 838. The van der Waals surface area contributed by atoms with Crippen LogP contribution in [0.2, 0.25) is 10.2 Å². The number of rotatable bonds is 3. The van der Waals surface area contributed by atoms with Gasteiger partial charge in [-0.05, 0) is 36.5 Å². The molecule has 4 heterocycles. The third-order valence-electron chi connectivity index (χ3n) is 4.82. The maximum absolute atomic E-state index is 13.6. The molecule has 2 aromatic heterocycles. The predicted molar refractivity (Wildman–Crippen MR) is 97.9 cm³/mol. The molecule has 1 N–H and O–H groups in total. The molecular weight excluding hydrogens is 399 g/mol. The van der Waals surface area contributed by atoms with Crippen LogP contribution in [-0.2, 0) is 9.53 Å². The van der Waals surface area contributed by atoms with Crippen molar-refractivity contribution < 1.29 is 18.3 Å². The van der Waals surface area contributed by atoms with E-state index in [1.54, 1.807) is 6.07 Å². The van der Waals surface area contributed by atoms with Gasteiger partial charge in [-0.3, -0.25) is 4.79 Å². The lowest BCUT2D eigenvalue weighted by molar-refractivity contribution is -0.105. The van der Waals surface area contributed by atoms with Crippen LogP contribution < -0.4 is 5.32 Å². The summed E-state index contributed by atoms with van der Waals surface area (Å²) in [6, 6.07) is 3.09. The highest BCUT2D eigenvalue weighted by Crippen LogP contribution is 2.47. The normalized spacial score (nSPS) is 25.7. The van der Waals surface area contributed by atoms with E-state index in [2.05, 4.69) is 22.2 Å². The summed E-state index contributed by atoms with van der Waals surface area (Å²) in [4.78, 5) is 17.0. The van der Waals surface area contributed by atoms with Gasteiger partial charge >= 0.3 is 0 Å². The third-order valence-corrected chi connectivity index (χ3v) is 5.51. The third kappa shape index (κ3) is 4.36. The molecule has 4 rings (SSSR count). The second-order valence-corrected chi connectivity index (χ2v) is 7.30. The van der Waals surface area contributed by atoms with Gasteiger partial charge in [-0.1, -0.05) is 30.1 Å². The Morgan fingerprint density at radius 3 is 2.63 bits per heavy atom. The number of carbonyl (C=O) groups is 1. The van der Waals surface area contributed by atoms with Crippen molar-refractivity contribution >= 4 is 35.3 Å². The van der Waals surface area contributed by atoms with Crippen molar-refractivity contribution in [2.45, 2.75) is 37.9 Å². The monoisotopic (exact) mass is 415 g/mol. The predicted octanol–water partition coefficient (Wildman–Crippen LogP) is 4.60. The van der Waals surface area contributed by atoms with E-state index in [0.717, 1.165) is 12.8 Å². The zero-order valence-corrected chi connectivity index (χ0v) is 15.8. The standard InChI is InChI=1S/C12H13F2NO.C6H4Cl2N2O/c1-6-4-10-8(5-9(6)16-10)7-2-3-15-12(14)11(7)13;7-5-1-4(10-3-11)2-9-6(5)8/h2-3,6,8-10H,4-5H2,1H3;1-3H,(H,10,11). The number of halogens is 4. The SMILES string of the molecule is CC1CC2OC1CC2c1ccnc(F)c1F.O=CNc1cnc(Cl)c(Cl)c1. The number of hydrogen-bond acceptors (Lipinski definition) is 4. The molecular formula is C18H17Cl2F2N3O2. The Hall–Kier alpha value is -1.83. The number of hydrogen-bond donors (Lipinski definition) is 1. The molecule has 2 fully saturated rings. The minimum atomic E-state index is -1.01. The van der Waals surface area contributed by atoms with E-state index in [-0.39, 0.29) is 23.3 Å². The van der Waals surface area contributed by atoms with Crippen molar-refractivity contribution in [2.75, 3.05) is 5.32 Å². The van der Waals surface area contributed by atoms with Crippen LogP contribution in [0.4, 0.5) is 14.5 Å². The molecule has 2 aromatic rings. The van der Waals surface area contributed by atoms with Gasteiger partial charge in [-0.25, -0.2) is 14.4 Å². The fourth-order valence-corrected chi connectivity index (χ4v) is 3.76. The van der Waals surface area contributed by atoms with Crippen molar-refractivity contribution in [3.05, 3.63) is 52.0 Å². The molecule has 27 heavy (non-hydrogen) atoms. The van der Waals surface area contributed by atoms with Crippen molar-refractivity contribution in [1.29, 1.82) is 0 Å². The Kier molecular flexibility index (Phi) is 6.24. The first-order chi connectivity index (χ1) is 12.9. The summed E-state index contributed by atoms with van der Waals surface area (Å²) in [5.74, 6) is -1.28. The summed E-state index contributed by atoms with van der Waals surface area (Å²) in [6.45, 7) is 2.14. The minimum Gasteiger partial charge on any atom is -0.374 e. The van der Waals surface area contributed by atoms with Gasteiger partial charge in [0.25, 0.3) is 0 Å². The summed E-state index contributed by atoms with van der Waals surface area (Å²) in [5.41, 5.74) is 0.946. The Morgan fingerprint density at radius 1 is 1.26 bits per heavy atom. The fourth-order valence-electron chi connectivity index (χ4n) is 3.50. The molecule has 2 saturated heterocycles. The van der Waals surface area contributed by atoms with Crippen LogP contribution in [0.3, 0.4) is 0 Å². The molecule has 9 heteroatoms. The maximum Gasteiger partial charge on any atom is 0.249 e. The van der Waals surface area contributed by atoms with Gasteiger partial charge in [-0.15, -0.1) is 0 Å². The first-order valence-electron chi connectivity index (χ1n) is 8.37. The van der Waals surface area contributed by atoms with E-state index in [4.69, 9.17) is 27.9 Å². The van der Waals surface area contributed by atoms with Crippen molar-refractivity contribution in [3.8, 4) is 0 Å². The quantitative estimate of drug-likeness (QED) is 0.587. The largest absolute Gasteiger partial charge is 0.374 e. The highest BCUT2D eigenvalue weighted by Gasteiger charge is 2.46. The first-order valence-corrected chi connectivity index (χ1v) is 9.12. The van der Waals surface area contributed by atoms with Crippen molar-refractivity contribution in [1.82, 2.24) is 9.97 Å². The summed E-state index contributed by atoms with van der Waals surface area (Å²) in [6.07, 6.45) is 5.29. The molecule has 0 aromatic carbocycles. The van der Waals surface area contributed by atoms with E-state index in [0.29, 0.717) is 28.6 Å². The number of aromatic nitrogens is 2. The number of carbonyl (C=O) groups excluding carboxylic acids is 1. The Balaban J connectivity index is 0.000000168. The lowest BCUT2D eigenvalue weighted by Crippen LogP contribution is -2.21. The Labute approximate surface area is 165 Å². The molecule has 4 atom stereocenters. The number of amides is 1. The lowest BCUT2D eigenvalue weighted by atomic mass is 9.79. The molecule has 144 valence electrons. The summed E-state index contributed by atoms with van der Waals surface area (Å²) >= 11 is 11.1. The zero-order valence-electron chi connectivity index (χ0n) is 14.3. The molecule has 1 amide bonds. The summed E-state index contributed by atoms with van der Waals surface area (Å²) < 4.78 is 32.3. The molecule has 0 saturated carbocycles. The maximum atomic E-state index is 13.6. The minimum absolute atomic E-state index is 0.00120. The number of nitrogens with zero attached hydrogens (tertiary/aromatic N) is 2. The first kappa shape index (κ1) is 19.9. The molecule has 2 bridgehead atoms. The number of pyridine rings is 2. The van der Waals surface area contributed by atoms with Crippen LogP contribution in [0.1, 0.15) is 31.2 Å². The average molecular weight is 416 g/mol. The lowest BCUT2D eigenvalue weighted by Gasteiger charge is -2.22. The van der Waals surface area contributed by atoms with Crippen LogP contribution in [0, 0.1) is 17.7 Å². The smallest absolute Gasteiger partial charge is 0.249 e. The Morgan fingerprint density at radius 2 is 2.04 bits per heavy atom. The summed E-state index contributed by atoms with van der Waals surface area (Å²) in [7, 11) is 0. The van der Waals surface area contributed by atoms with Gasteiger partial charge < -0.3 is 10.1 Å². The van der Waals surface area contributed by atoms with Gasteiger partial charge in [0.05, 0.1) is 29.1 Å². The van der Waals surface area contributed by atoms with Gasteiger partial charge in [0.15, 0.2) is 5.82 Å². The molecule has 2 aliphatic rings. The van der Waals surface area contributed by atoms with Crippen molar-refractivity contribution in [3.63, 3.8) is 0 Å². The number of anilines is 1. The highest BCUT2D eigenvalue weighted by atomic mass is 35.5. The number of ether oxygens (including phenoxy) is 1. The second-order valence-electron chi connectivity index (χ2n) is 6.53. The van der Waals surface area contributed by atoms with Gasteiger partial charge in [0.2, 0.25) is 12.4 Å². The van der Waals surface area contributed by atoms with Crippen LogP contribution in [0.5, 0.6) is 0 Å². The van der Waals surface area contributed by atoms with Crippen molar-refractivity contribution in [2.24, 2.45) is 5.92 Å². The molecule has 0 aliphatic carbocycles. The van der Waals surface area contributed by atoms with Crippen LogP contribution in [-0.4, -0.2) is 28.6 Å². The van der Waals surface area contributed by atoms with Crippen LogP contribution >= 0.6 is 23.2 Å². The van der Waals surface area contributed by atoms with E-state index < -0.39 is 11.8 Å². The topological polar surface area (TPSA) is 64.1 Å². The highest BCUT2D eigenvalue weighted by molar-refractivity contribution is 6.41. The molecule has 4 unspecified atom stereocenters. The van der Waals surface area contributed by atoms with E-state index in [9.17, 15) is 13.6 Å². The number of nitrogens with one attached hydrogen (secondary N) is 1. The van der Waals surface area contributed by atoms with Crippen LogP contribution in [0.15, 0.2) is 24.5 Å². The van der Waals surface area contributed by atoms with Gasteiger partial charge in [0.1, 0.15) is 5.15 Å². The van der Waals surface area contributed by atoms with Gasteiger partial charge in [-0.2, -0.15) is 4.39 Å². The zero-order chi connectivity index (χ0) is 19.6. The van der Waals surface area contributed by atoms with Gasteiger partial charge in [0, 0.05) is 12.1 Å². The average Bonchev–Trinajstić information content (AvgIpc) is 3.21. The fraction of sp³-hybridized carbons (Fsp3) is 0.389. The second kappa shape index (κ2) is 8.46. The van der Waals surface area contributed by atoms with E-state index >= 15 is 0 Å². The molecule has 0 spiro atoms. The van der Waals surface area contributed by atoms with E-state index in [1.165, 1.54) is 18.5 Å². The van der Waals surface area contributed by atoms with Crippen LogP contribution in [0.25, 0.3) is 0 Å². The number of fused-ring (bicyclic) bond motifs is 2.